The van der Waals surface area contributed by atoms with Crippen molar-refractivity contribution in [2.24, 2.45) is 0 Å². The Bertz CT molecular complexity index is 4520. The van der Waals surface area contributed by atoms with Crippen LogP contribution in [0.25, 0.3) is 104 Å². The van der Waals surface area contributed by atoms with Crippen molar-refractivity contribution in [2.75, 3.05) is 9.80 Å². The molecule has 78 heavy (non-hydrogen) atoms. The number of anilines is 6. The predicted molar refractivity (Wildman–Crippen MR) is 331 cm³/mol. The van der Waals surface area contributed by atoms with Gasteiger partial charge in [0.1, 0.15) is 0 Å². The van der Waals surface area contributed by atoms with Gasteiger partial charge in [0.15, 0.2) is 0 Å². The molecule has 3 heterocycles. The summed E-state index contributed by atoms with van der Waals surface area (Å²) in [6.07, 6.45) is 0. The van der Waals surface area contributed by atoms with Crippen LogP contribution < -0.4 is 26.2 Å². The van der Waals surface area contributed by atoms with Gasteiger partial charge in [-0.3, -0.25) is 0 Å². The molecular weight excluding hydrogens is 942 g/mol. The lowest BCUT2D eigenvalue weighted by atomic mass is 9.33. The number of hydrogen-bond acceptors (Lipinski definition) is 2. The molecule has 2 aliphatic heterocycles. The Balaban J connectivity index is 0.999. The minimum Gasteiger partial charge on any atom is -0.311 e. The van der Waals surface area contributed by atoms with Gasteiger partial charge >= 0.3 is 0 Å². The monoisotopic (exact) mass is 987 g/mol. The Labute approximate surface area is 452 Å². The number of aromatic nitrogens is 1. The van der Waals surface area contributed by atoms with E-state index in [0.29, 0.717) is 0 Å². The lowest BCUT2D eigenvalue weighted by Crippen LogP contribution is -2.61. The molecule has 0 N–H and O–H groups in total. The average Bonchev–Trinajstić information content (AvgIpc) is 3.43. The van der Waals surface area contributed by atoms with Crippen LogP contribution in [0.1, 0.15) is 0 Å². The molecule has 0 aliphatic carbocycles. The van der Waals surface area contributed by atoms with Gasteiger partial charge < -0.3 is 14.4 Å². The van der Waals surface area contributed by atoms with Crippen molar-refractivity contribution in [3.63, 3.8) is 0 Å². The molecule has 17 rings (SSSR count). The van der Waals surface area contributed by atoms with Gasteiger partial charge in [-0.15, -0.1) is 0 Å². The quantitative estimate of drug-likeness (QED) is 0.0896. The molecule has 1 aromatic heterocycles. The molecule has 0 fully saturated rings. The van der Waals surface area contributed by atoms with Crippen LogP contribution in [0, 0.1) is 0 Å². The van der Waals surface area contributed by atoms with Crippen molar-refractivity contribution in [1.82, 2.24) is 4.57 Å². The summed E-state index contributed by atoms with van der Waals surface area (Å²) in [6.45, 7) is -0.112. The topological polar surface area (TPSA) is 11.4 Å². The highest BCUT2D eigenvalue weighted by molar-refractivity contribution is 7.00. The summed E-state index contributed by atoms with van der Waals surface area (Å²) in [5.74, 6) is 0. The van der Waals surface area contributed by atoms with Crippen LogP contribution in [0.2, 0.25) is 0 Å². The zero-order valence-electron chi connectivity index (χ0n) is 42.5. The maximum atomic E-state index is 2.57. The maximum absolute atomic E-state index is 2.57. The molecular formula is C74H46BN3. The molecule has 0 amide bonds. The van der Waals surface area contributed by atoms with Crippen molar-refractivity contribution < 1.29 is 0 Å². The van der Waals surface area contributed by atoms with E-state index in [0.717, 1.165) is 28.4 Å². The van der Waals surface area contributed by atoms with Crippen LogP contribution in [-0.4, -0.2) is 11.3 Å². The Morgan fingerprint density at radius 3 is 1.03 bits per heavy atom. The summed E-state index contributed by atoms with van der Waals surface area (Å²) in [5, 5.41) is 10.4. The predicted octanol–water partition coefficient (Wildman–Crippen LogP) is 17.9. The Hall–Kier alpha value is -10.2. The summed E-state index contributed by atoms with van der Waals surface area (Å²) in [7, 11) is 0. The molecule has 0 atom stereocenters. The molecule has 0 bridgehead atoms. The number of nitrogens with zero attached hydrogens (tertiary/aromatic N) is 3. The molecule has 360 valence electrons. The summed E-state index contributed by atoms with van der Waals surface area (Å²) >= 11 is 0. The fourth-order valence-corrected chi connectivity index (χ4v) is 13.6. The van der Waals surface area contributed by atoms with Gasteiger partial charge in [-0.1, -0.05) is 218 Å². The van der Waals surface area contributed by atoms with Gasteiger partial charge in [-0.05, 0) is 154 Å². The zero-order chi connectivity index (χ0) is 51.0. The van der Waals surface area contributed by atoms with E-state index in [9.17, 15) is 0 Å². The molecule has 4 heteroatoms. The smallest absolute Gasteiger partial charge is 0.252 e. The van der Waals surface area contributed by atoms with Crippen molar-refractivity contribution >= 4 is 111 Å². The van der Waals surface area contributed by atoms with Crippen LogP contribution in [-0.2, 0) is 0 Å². The minimum atomic E-state index is -0.112. The molecule has 0 radical (unpaired) electrons. The van der Waals surface area contributed by atoms with Gasteiger partial charge in [-0.25, -0.2) is 0 Å². The van der Waals surface area contributed by atoms with E-state index in [2.05, 4.69) is 293 Å². The van der Waals surface area contributed by atoms with Crippen LogP contribution in [0.5, 0.6) is 0 Å². The zero-order valence-corrected chi connectivity index (χ0v) is 42.5. The third-order valence-corrected chi connectivity index (χ3v) is 17.1. The minimum absolute atomic E-state index is 0.112. The largest absolute Gasteiger partial charge is 0.311 e. The average molecular weight is 988 g/mol. The Kier molecular flexibility index (Phi) is 9.22. The van der Waals surface area contributed by atoms with E-state index in [-0.39, 0.29) is 6.71 Å². The summed E-state index contributed by atoms with van der Waals surface area (Å²) in [5.41, 5.74) is 23.8. The standard InChI is InChI=1S/C74H46BN3/c1-5-15-47(16-6-1)51-27-35-57(36-28-51)76-64-39-33-55(49-19-9-3-10-20-49)43-62(64)75-63-44-56(50-21-11-4-12-22-50)34-40-65(63)77(58-37-29-52(30-38-58)48-17-7-2-8-18-48)69-46-59(45-68(76)74(69)75)78-66-41-31-53-23-13-25-60-61-26-14-24-54-32-42-67(78)73(71(54)61)72(66)70(53)60/h1-46H. The third-order valence-electron chi connectivity index (χ3n) is 17.1. The molecule has 0 saturated carbocycles. The highest BCUT2D eigenvalue weighted by Crippen LogP contribution is 2.51. The van der Waals surface area contributed by atoms with E-state index in [1.165, 1.54) is 126 Å². The van der Waals surface area contributed by atoms with E-state index in [1.807, 2.05) is 0 Å². The first-order chi connectivity index (χ1) is 38.7. The van der Waals surface area contributed by atoms with Gasteiger partial charge in [-0.2, -0.15) is 0 Å². The van der Waals surface area contributed by atoms with Gasteiger partial charge in [0.25, 0.3) is 6.71 Å². The molecule has 14 aromatic carbocycles. The molecule has 2 aliphatic rings. The number of fused-ring (bicyclic) bond motifs is 5. The lowest BCUT2D eigenvalue weighted by Gasteiger charge is -2.44. The highest BCUT2D eigenvalue weighted by atomic mass is 15.2. The van der Waals surface area contributed by atoms with Crippen molar-refractivity contribution in [3.05, 3.63) is 279 Å². The Morgan fingerprint density at radius 1 is 0.244 bits per heavy atom. The van der Waals surface area contributed by atoms with Gasteiger partial charge in [0.05, 0.1) is 16.7 Å². The SMILES string of the molecule is c1ccc(-c2ccc(N3c4ccc(-c5ccccc5)cc4B4c5cc(-c6ccccc6)ccc5N(c5ccc(-c6ccccc6)cc5)c5cc(-n6c7ccc8cccc9c%10cccc%11ccc6c(c%11%10)c7c89)cc3c54)cc2)cc1. The molecule has 3 nitrogen and oxygen atoms in total. The van der Waals surface area contributed by atoms with Crippen molar-refractivity contribution in [1.29, 1.82) is 0 Å². The summed E-state index contributed by atoms with van der Waals surface area (Å²) in [4.78, 5) is 5.13. The molecule has 0 unspecified atom stereocenters. The van der Waals surface area contributed by atoms with Crippen LogP contribution in [0.3, 0.4) is 0 Å². The lowest BCUT2D eigenvalue weighted by molar-refractivity contribution is 1.16. The van der Waals surface area contributed by atoms with E-state index in [1.54, 1.807) is 0 Å². The second kappa shape index (κ2) is 16.7. The van der Waals surface area contributed by atoms with E-state index in [4.69, 9.17) is 0 Å². The first kappa shape index (κ1) is 43.1. The molecule has 15 aromatic rings. The summed E-state index contributed by atoms with van der Waals surface area (Å²) in [6, 6.07) is 104. The van der Waals surface area contributed by atoms with Crippen LogP contribution in [0.4, 0.5) is 34.1 Å². The summed E-state index contributed by atoms with van der Waals surface area (Å²) < 4.78 is 2.57. The highest BCUT2D eigenvalue weighted by Gasteiger charge is 2.44. The number of rotatable bonds is 7. The van der Waals surface area contributed by atoms with E-state index < -0.39 is 0 Å². The Morgan fingerprint density at radius 2 is 0.615 bits per heavy atom. The first-order valence-corrected chi connectivity index (χ1v) is 27.1. The van der Waals surface area contributed by atoms with E-state index >= 15 is 0 Å². The number of benzene rings is 14. The van der Waals surface area contributed by atoms with Gasteiger partial charge in [0.2, 0.25) is 0 Å². The molecule has 0 saturated heterocycles. The third kappa shape index (κ3) is 6.29. The van der Waals surface area contributed by atoms with Crippen molar-refractivity contribution in [3.8, 4) is 50.2 Å². The second-order valence-electron chi connectivity index (χ2n) is 21.2. The molecule has 0 spiro atoms. The van der Waals surface area contributed by atoms with Crippen molar-refractivity contribution in [2.45, 2.75) is 0 Å². The maximum Gasteiger partial charge on any atom is 0.252 e. The second-order valence-corrected chi connectivity index (χ2v) is 21.2. The first-order valence-electron chi connectivity index (χ1n) is 27.1. The fraction of sp³-hybridized carbons (Fsp3) is 0. The fourth-order valence-electron chi connectivity index (χ4n) is 13.6. The number of hydrogen-bond donors (Lipinski definition) is 0. The normalized spacial score (nSPS) is 12.8. The van der Waals surface area contributed by atoms with Gasteiger partial charge in [0, 0.05) is 44.9 Å². The van der Waals surface area contributed by atoms with Crippen LogP contribution >= 0.6 is 0 Å². The van der Waals surface area contributed by atoms with Crippen LogP contribution in [0.15, 0.2) is 279 Å².